The van der Waals surface area contributed by atoms with E-state index >= 15 is 0 Å². The number of amides is 2. The normalized spacial score (nSPS) is 18.9. The van der Waals surface area contributed by atoms with Crippen molar-refractivity contribution in [3.63, 3.8) is 0 Å². The number of carbonyl (C=O) groups is 3. The van der Waals surface area contributed by atoms with Gasteiger partial charge in [0.2, 0.25) is 5.91 Å². The molecule has 1 aliphatic carbocycles. The molecule has 2 N–H and O–H groups in total. The first-order chi connectivity index (χ1) is 10.8. The summed E-state index contributed by atoms with van der Waals surface area (Å²) in [6, 6.07) is 5.21. The summed E-state index contributed by atoms with van der Waals surface area (Å²) < 4.78 is 5.49. The number of nitrogens with zero attached hydrogens (tertiary/aromatic N) is 1. The van der Waals surface area contributed by atoms with Gasteiger partial charge in [-0.25, -0.2) is 0 Å². The number of benzene rings is 1. The Bertz CT molecular complexity index is 641. The number of rotatable bonds is 6. The van der Waals surface area contributed by atoms with E-state index in [1.54, 1.807) is 32.3 Å². The van der Waals surface area contributed by atoms with Crippen molar-refractivity contribution in [1.82, 2.24) is 4.90 Å². The van der Waals surface area contributed by atoms with Gasteiger partial charge in [-0.05, 0) is 31.0 Å². The van der Waals surface area contributed by atoms with Gasteiger partial charge in [-0.3, -0.25) is 14.4 Å². The molecular weight excluding hydrogens is 300 g/mol. The first-order valence-corrected chi connectivity index (χ1v) is 7.27. The Morgan fingerprint density at radius 2 is 2.00 bits per heavy atom. The first-order valence-electron chi connectivity index (χ1n) is 7.27. The molecule has 2 atom stereocenters. The third-order valence-electron chi connectivity index (χ3n) is 3.69. The Labute approximate surface area is 134 Å². The van der Waals surface area contributed by atoms with Crippen molar-refractivity contribution in [2.24, 2.45) is 11.8 Å². The van der Waals surface area contributed by atoms with Gasteiger partial charge in [0, 0.05) is 14.1 Å². The van der Waals surface area contributed by atoms with Gasteiger partial charge in [0.05, 0.1) is 17.5 Å². The van der Waals surface area contributed by atoms with E-state index in [0.29, 0.717) is 17.9 Å². The summed E-state index contributed by atoms with van der Waals surface area (Å²) in [5.41, 5.74) is 1.35. The summed E-state index contributed by atoms with van der Waals surface area (Å²) in [7, 11) is 3.26. The van der Waals surface area contributed by atoms with Crippen LogP contribution in [0.1, 0.15) is 12.0 Å². The van der Waals surface area contributed by atoms with Crippen molar-refractivity contribution in [2.75, 3.05) is 26.0 Å². The van der Waals surface area contributed by atoms with Crippen LogP contribution in [-0.4, -0.2) is 48.5 Å². The Morgan fingerprint density at radius 3 is 2.57 bits per heavy atom. The Balaban J connectivity index is 2.05. The molecule has 0 bridgehead atoms. The molecule has 0 aromatic heterocycles. The summed E-state index contributed by atoms with van der Waals surface area (Å²) in [4.78, 5) is 35.9. The fourth-order valence-electron chi connectivity index (χ4n) is 2.10. The standard InChI is InChI=1S/C16H20N2O5/c1-9-4-5-12(13(6-9)23-8-14(19)18(2)3)17-15(20)10-7-11(10)16(21)22/h4-6,10-11H,7-8H2,1-3H3,(H,17,20)(H,21,22)/t10-,11+/m1/s1. The van der Waals surface area contributed by atoms with Crippen molar-refractivity contribution >= 4 is 23.5 Å². The van der Waals surface area contributed by atoms with Gasteiger partial charge in [-0.15, -0.1) is 0 Å². The van der Waals surface area contributed by atoms with Crippen LogP contribution < -0.4 is 10.1 Å². The SMILES string of the molecule is Cc1ccc(NC(=O)[C@@H]2C[C@@H]2C(=O)O)c(OCC(=O)N(C)C)c1. The first kappa shape index (κ1) is 16.8. The Morgan fingerprint density at radius 1 is 1.30 bits per heavy atom. The highest BCUT2D eigenvalue weighted by Crippen LogP contribution is 2.40. The highest BCUT2D eigenvalue weighted by atomic mass is 16.5. The van der Waals surface area contributed by atoms with Crippen LogP contribution in [0.15, 0.2) is 18.2 Å². The Kier molecular flexibility index (Phi) is 4.88. The Hall–Kier alpha value is -2.57. The van der Waals surface area contributed by atoms with Crippen LogP contribution in [0.3, 0.4) is 0 Å². The lowest BCUT2D eigenvalue weighted by molar-refractivity contribution is -0.139. The van der Waals surface area contributed by atoms with Gasteiger partial charge in [0.25, 0.3) is 5.91 Å². The van der Waals surface area contributed by atoms with Crippen molar-refractivity contribution < 1.29 is 24.2 Å². The van der Waals surface area contributed by atoms with Crippen LogP contribution in [-0.2, 0) is 14.4 Å². The minimum absolute atomic E-state index is 0.138. The van der Waals surface area contributed by atoms with E-state index in [1.165, 1.54) is 4.90 Å². The number of aliphatic carboxylic acids is 1. The summed E-state index contributed by atoms with van der Waals surface area (Å²) in [5.74, 6) is -2.23. The quantitative estimate of drug-likeness (QED) is 0.819. The number of hydrogen-bond donors (Lipinski definition) is 2. The summed E-state index contributed by atoms with van der Waals surface area (Å²) in [6.45, 7) is 1.73. The number of carbonyl (C=O) groups excluding carboxylic acids is 2. The minimum atomic E-state index is -0.956. The van der Waals surface area contributed by atoms with Crippen LogP contribution in [0.5, 0.6) is 5.75 Å². The predicted octanol–water partition coefficient (Wildman–Crippen LogP) is 1.12. The third-order valence-corrected chi connectivity index (χ3v) is 3.69. The molecule has 7 heteroatoms. The molecule has 1 aromatic carbocycles. The number of carboxylic acids is 1. The fourth-order valence-corrected chi connectivity index (χ4v) is 2.10. The van der Waals surface area contributed by atoms with Crippen LogP contribution >= 0.6 is 0 Å². The van der Waals surface area contributed by atoms with Crippen LogP contribution in [0.25, 0.3) is 0 Å². The highest BCUT2D eigenvalue weighted by molar-refractivity contribution is 5.99. The molecule has 1 fully saturated rings. The molecule has 23 heavy (non-hydrogen) atoms. The zero-order valence-corrected chi connectivity index (χ0v) is 13.3. The molecule has 124 valence electrons. The number of carboxylic acid groups (broad SMARTS) is 1. The van der Waals surface area contributed by atoms with Gasteiger partial charge < -0.3 is 20.1 Å². The molecule has 7 nitrogen and oxygen atoms in total. The second-order valence-corrected chi connectivity index (χ2v) is 5.85. The van der Waals surface area contributed by atoms with E-state index in [1.807, 2.05) is 6.92 Å². The molecule has 1 aliphatic rings. The molecule has 0 aliphatic heterocycles. The number of likely N-dealkylation sites (N-methyl/N-ethyl adjacent to an activating group) is 1. The summed E-state index contributed by atoms with van der Waals surface area (Å²) >= 11 is 0. The average molecular weight is 320 g/mol. The number of nitrogens with one attached hydrogen (secondary N) is 1. The van der Waals surface area contributed by atoms with Gasteiger partial charge in [0.15, 0.2) is 6.61 Å². The van der Waals surface area contributed by atoms with Crippen molar-refractivity contribution in [1.29, 1.82) is 0 Å². The molecule has 1 aromatic rings. The highest BCUT2D eigenvalue weighted by Gasteiger charge is 2.48. The second-order valence-electron chi connectivity index (χ2n) is 5.85. The molecular formula is C16H20N2O5. The maximum absolute atomic E-state index is 12.1. The minimum Gasteiger partial charge on any atom is -0.482 e. The number of anilines is 1. The molecule has 0 radical (unpaired) electrons. The molecule has 0 unspecified atom stereocenters. The molecule has 1 saturated carbocycles. The molecule has 0 spiro atoms. The lowest BCUT2D eigenvalue weighted by atomic mass is 10.2. The topological polar surface area (TPSA) is 95.9 Å². The van der Waals surface area contributed by atoms with Gasteiger partial charge in [-0.1, -0.05) is 6.07 Å². The lowest BCUT2D eigenvalue weighted by Gasteiger charge is -2.15. The fraction of sp³-hybridized carbons (Fsp3) is 0.438. The van der Waals surface area contributed by atoms with E-state index in [2.05, 4.69) is 5.32 Å². The largest absolute Gasteiger partial charge is 0.482 e. The predicted molar refractivity (Wildman–Crippen MR) is 83.2 cm³/mol. The zero-order chi connectivity index (χ0) is 17.1. The van der Waals surface area contributed by atoms with Gasteiger partial charge >= 0.3 is 5.97 Å². The number of aryl methyl sites for hydroxylation is 1. The van der Waals surface area contributed by atoms with E-state index in [9.17, 15) is 14.4 Å². The summed E-state index contributed by atoms with van der Waals surface area (Å²) in [6.07, 6.45) is 0.350. The maximum Gasteiger partial charge on any atom is 0.307 e. The number of hydrogen-bond acceptors (Lipinski definition) is 4. The van der Waals surface area contributed by atoms with E-state index < -0.39 is 17.8 Å². The van der Waals surface area contributed by atoms with Crippen molar-refractivity contribution in [2.45, 2.75) is 13.3 Å². The van der Waals surface area contributed by atoms with Crippen LogP contribution in [0, 0.1) is 18.8 Å². The number of ether oxygens (including phenoxy) is 1. The maximum atomic E-state index is 12.1. The molecule has 2 amide bonds. The third kappa shape index (κ3) is 4.21. The van der Waals surface area contributed by atoms with E-state index in [4.69, 9.17) is 9.84 Å². The van der Waals surface area contributed by atoms with E-state index in [0.717, 1.165) is 5.56 Å². The van der Waals surface area contributed by atoms with Crippen molar-refractivity contribution in [3.05, 3.63) is 23.8 Å². The molecule has 0 saturated heterocycles. The zero-order valence-electron chi connectivity index (χ0n) is 13.3. The van der Waals surface area contributed by atoms with Gasteiger partial charge in [0.1, 0.15) is 5.75 Å². The van der Waals surface area contributed by atoms with E-state index in [-0.39, 0.29) is 18.4 Å². The molecule has 2 rings (SSSR count). The summed E-state index contributed by atoms with van der Waals surface area (Å²) in [5, 5.41) is 11.6. The van der Waals surface area contributed by atoms with Crippen LogP contribution in [0.4, 0.5) is 5.69 Å². The van der Waals surface area contributed by atoms with Crippen LogP contribution in [0.2, 0.25) is 0 Å². The average Bonchev–Trinajstić information content (AvgIpc) is 3.27. The monoisotopic (exact) mass is 320 g/mol. The molecule has 0 heterocycles. The van der Waals surface area contributed by atoms with Gasteiger partial charge in [-0.2, -0.15) is 0 Å². The lowest BCUT2D eigenvalue weighted by Crippen LogP contribution is -2.27. The second kappa shape index (κ2) is 6.68. The smallest absolute Gasteiger partial charge is 0.307 e. The van der Waals surface area contributed by atoms with Crippen molar-refractivity contribution in [3.8, 4) is 5.75 Å².